The Labute approximate surface area is 177 Å². The zero-order valence-electron chi connectivity index (χ0n) is 13.8. The maximum absolute atomic E-state index is 12.5. The van der Waals surface area contributed by atoms with E-state index < -0.39 is 14.7 Å². The van der Waals surface area contributed by atoms with E-state index in [1.165, 1.54) is 22.9 Å². The average Bonchev–Trinajstić information content (AvgIpc) is 3.07. The molecule has 0 aliphatic heterocycles. The molecule has 2 aromatic carbocycles. The molecule has 0 fully saturated rings. The summed E-state index contributed by atoms with van der Waals surface area (Å²) in [5, 5.41) is 12.5. The monoisotopic (exact) mass is 499 g/mol. The molecule has 0 bridgehead atoms. The Hall–Kier alpha value is -2.28. The van der Waals surface area contributed by atoms with Crippen molar-refractivity contribution in [3.05, 3.63) is 58.9 Å². The predicted molar refractivity (Wildman–Crippen MR) is 110 cm³/mol. The fraction of sp³-hybridized carbons (Fsp3) is 0. The summed E-state index contributed by atoms with van der Waals surface area (Å²) >= 11 is 12.3. The molecule has 1 aromatic heterocycles. The van der Waals surface area contributed by atoms with Crippen LogP contribution in [0.25, 0.3) is 5.69 Å². The molecule has 13 heteroatoms. The Balaban J connectivity index is 1.85. The van der Waals surface area contributed by atoms with Gasteiger partial charge in [-0.2, -0.15) is 0 Å². The van der Waals surface area contributed by atoms with Gasteiger partial charge in [0.2, 0.25) is 0 Å². The van der Waals surface area contributed by atoms with Gasteiger partial charge in [0.25, 0.3) is 0 Å². The van der Waals surface area contributed by atoms with E-state index in [2.05, 4.69) is 53.0 Å². The molecule has 143 valence electrons. The molecule has 1 amide bonds. The van der Waals surface area contributed by atoms with Crippen molar-refractivity contribution in [1.82, 2.24) is 25.5 Å². The van der Waals surface area contributed by atoms with E-state index in [0.717, 1.165) is 0 Å². The third-order valence-corrected chi connectivity index (χ3v) is 5.54. The first-order chi connectivity index (χ1) is 13.3. The van der Waals surface area contributed by atoms with Crippen LogP contribution in [0.1, 0.15) is 10.4 Å². The van der Waals surface area contributed by atoms with E-state index in [9.17, 15) is 13.6 Å². The molecule has 0 saturated heterocycles. The Kier molecular flexibility index (Phi) is 6.13. The molecule has 0 saturated carbocycles. The molecule has 0 spiro atoms. The minimum atomic E-state index is -3.71. The normalized spacial score (nSPS) is 13.7. The number of benzene rings is 2. The molecule has 3 aromatic rings. The molecule has 3 rings (SSSR count). The Morgan fingerprint density at radius 1 is 1.29 bits per heavy atom. The van der Waals surface area contributed by atoms with Crippen molar-refractivity contribution in [3.8, 4) is 5.69 Å². The van der Waals surface area contributed by atoms with Crippen molar-refractivity contribution in [3.63, 3.8) is 0 Å². The number of rotatable bonds is 4. The summed E-state index contributed by atoms with van der Waals surface area (Å²) in [6.45, 7) is 0. The van der Waals surface area contributed by atoms with Crippen LogP contribution in [0.5, 0.6) is 0 Å². The first-order valence-electron chi connectivity index (χ1n) is 7.50. The van der Waals surface area contributed by atoms with E-state index in [0.29, 0.717) is 11.4 Å². The number of carbonyl (C=O) groups excluding carboxylic acids is 1. The molecular weight excluding hydrogens is 487 g/mol. The fourth-order valence-electron chi connectivity index (χ4n) is 2.26. The van der Waals surface area contributed by atoms with Gasteiger partial charge in [-0.15, -0.1) is 0 Å². The van der Waals surface area contributed by atoms with Gasteiger partial charge >= 0.3 is 178 Å². The molecule has 1 unspecified atom stereocenters. The number of aromatic amines is 1. The van der Waals surface area contributed by atoms with E-state index in [1.807, 2.05) is 0 Å². The van der Waals surface area contributed by atoms with Crippen LogP contribution in [-0.4, -0.2) is 55.6 Å². The summed E-state index contributed by atoms with van der Waals surface area (Å²) in [4.78, 5) is 16.6. The summed E-state index contributed by atoms with van der Waals surface area (Å²) in [5.74, 6) is -0.615. The molecule has 9 nitrogen and oxygen atoms in total. The summed E-state index contributed by atoms with van der Waals surface area (Å²) in [6, 6.07) is 12.8. The van der Waals surface area contributed by atoms with Crippen molar-refractivity contribution in [1.29, 1.82) is 0 Å². The summed E-state index contributed by atoms with van der Waals surface area (Å²) < 4.78 is 23.3. The number of hydrogen-bond donors (Lipinski definition) is 3. The van der Waals surface area contributed by atoms with Crippen LogP contribution < -0.4 is 5.32 Å². The number of hydrogen-bond acceptors (Lipinski definition) is 7. The van der Waals surface area contributed by atoms with Gasteiger partial charge in [-0.3, -0.25) is 0 Å². The molecule has 1 atom stereocenters. The van der Waals surface area contributed by atoms with Gasteiger partial charge in [-0.1, -0.05) is 0 Å². The summed E-state index contributed by atoms with van der Waals surface area (Å²) in [7, 11) is -3.71. The third-order valence-electron chi connectivity index (χ3n) is 3.42. The zero-order valence-corrected chi connectivity index (χ0v) is 18.0. The van der Waals surface area contributed by atoms with E-state index in [1.54, 1.807) is 30.3 Å². The van der Waals surface area contributed by atoms with E-state index >= 15 is 0 Å². The number of amidine groups is 1. The van der Waals surface area contributed by atoms with Crippen LogP contribution in [0.3, 0.4) is 0 Å². The number of aromatic nitrogens is 4. The number of carbonyl (C=O) groups is 1. The van der Waals surface area contributed by atoms with Crippen molar-refractivity contribution in [2.75, 3.05) is 0 Å². The quantitative estimate of drug-likeness (QED) is 0.215. The predicted octanol–water partition coefficient (Wildman–Crippen LogP) is 1.49. The number of nitrogens with zero attached hydrogens (tertiary/aromatic N) is 4. The second-order valence-electron chi connectivity index (χ2n) is 5.28. The van der Waals surface area contributed by atoms with Crippen LogP contribution >= 0.6 is 12.2 Å². The number of H-pyrrole nitrogens is 1. The van der Waals surface area contributed by atoms with Crippen LogP contribution in [-0.2, 0) is 20.0 Å². The standard InChI is InChI=1S/C15H11N6O3S3Se/c22-13(11-6-1-2-7-12(11)27(23,24)26)17-14(28)16-9-4-3-5-10(8-9)21-15(25)18-19-20-21/h1-8H,(H,16,17,22)(H,18,20,25)(H,23,24,26). The number of tetrazole rings is 1. The number of nitrogens with one attached hydrogen (secondary N) is 2. The maximum atomic E-state index is 12.5. The van der Waals surface area contributed by atoms with Gasteiger partial charge in [0.05, 0.1) is 0 Å². The van der Waals surface area contributed by atoms with Gasteiger partial charge in [-0.05, 0) is 0 Å². The fourth-order valence-corrected chi connectivity index (χ4v) is 3.98. The SMILES string of the molecule is O=C(NC([Se])=Nc1cccc(-n2[nH]nnc2=S)c1)c1ccccc1S(=O)(O)=S. The molecular formula is C15H11N6O3S3Se. The van der Waals surface area contributed by atoms with E-state index in [-0.39, 0.29) is 20.0 Å². The second kappa shape index (κ2) is 8.39. The average molecular weight is 498 g/mol. The second-order valence-corrected chi connectivity index (χ2v) is 9.20. The Morgan fingerprint density at radius 3 is 2.71 bits per heavy atom. The third kappa shape index (κ3) is 4.76. The van der Waals surface area contributed by atoms with Crippen LogP contribution in [0.15, 0.2) is 58.4 Å². The van der Waals surface area contributed by atoms with Crippen molar-refractivity contribution in [2.24, 2.45) is 4.99 Å². The van der Waals surface area contributed by atoms with Crippen molar-refractivity contribution < 1.29 is 13.6 Å². The van der Waals surface area contributed by atoms with E-state index in [4.69, 9.17) is 12.2 Å². The van der Waals surface area contributed by atoms with Gasteiger partial charge < -0.3 is 0 Å². The first-order valence-corrected chi connectivity index (χ1v) is 11.2. The van der Waals surface area contributed by atoms with Crippen molar-refractivity contribution in [2.45, 2.75) is 4.90 Å². The van der Waals surface area contributed by atoms with Crippen LogP contribution in [0, 0.1) is 4.77 Å². The van der Waals surface area contributed by atoms with Gasteiger partial charge in [0.1, 0.15) is 0 Å². The zero-order chi connectivity index (χ0) is 20.3. The number of amides is 1. The van der Waals surface area contributed by atoms with Gasteiger partial charge in [0, 0.05) is 0 Å². The minimum absolute atomic E-state index is 0.00320. The molecule has 3 N–H and O–H groups in total. The topological polar surface area (TPSA) is 125 Å². The molecule has 1 radical (unpaired) electrons. The van der Waals surface area contributed by atoms with Crippen LogP contribution in [0.4, 0.5) is 5.69 Å². The molecule has 1 heterocycles. The van der Waals surface area contributed by atoms with Crippen molar-refractivity contribution >= 4 is 64.5 Å². The Morgan fingerprint density at radius 2 is 2.04 bits per heavy atom. The summed E-state index contributed by atoms with van der Waals surface area (Å²) in [6.07, 6.45) is 0. The van der Waals surface area contributed by atoms with Gasteiger partial charge in [0.15, 0.2) is 0 Å². The molecule has 28 heavy (non-hydrogen) atoms. The number of aliphatic imine (C=N–C) groups is 1. The van der Waals surface area contributed by atoms with Crippen LogP contribution in [0.2, 0.25) is 0 Å². The Bertz CT molecular complexity index is 1240. The van der Waals surface area contributed by atoms with Gasteiger partial charge in [-0.25, -0.2) is 0 Å². The summed E-state index contributed by atoms with van der Waals surface area (Å²) in [5.41, 5.74) is 1.17. The first kappa shape index (κ1) is 20.5. The molecule has 0 aliphatic carbocycles. The molecule has 0 aliphatic rings.